The second kappa shape index (κ2) is 24.9. The van der Waals surface area contributed by atoms with Crippen LogP contribution in [-0.4, -0.2) is 164 Å². The number of carboxylic acids is 1. The first-order chi connectivity index (χ1) is 31.0. The summed E-state index contributed by atoms with van der Waals surface area (Å²) >= 11 is 0. The van der Waals surface area contributed by atoms with E-state index in [4.69, 9.17) is 11.5 Å². The molecule has 2 heterocycles. The number of rotatable bonds is 23. The van der Waals surface area contributed by atoms with Gasteiger partial charge in [-0.3, -0.25) is 43.2 Å². The van der Waals surface area contributed by atoms with Crippen LogP contribution in [0, 0.1) is 11.8 Å². The molecule has 2 aliphatic rings. The van der Waals surface area contributed by atoms with Gasteiger partial charge in [0.25, 0.3) is 0 Å². The van der Waals surface area contributed by atoms with E-state index in [1.165, 1.54) is 18.7 Å². The van der Waals surface area contributed by atoms with Crippen molar-refractivity contribution < 1.29 is 63.3 Å². The molecule has 0 saturated carbocycles. The maximum Gasteiger partial charge on any atom is 0.326 e. The average Bonchev–Trinajstić information content (AvgIpc) is 3.95. The van der Waals surface area contributed by atoms with Crippen LogP contribution in [0.5, 0.6) is 0 Å². The van der Waals surface area contributed by atoms with Crippen molar-refractivity contribution in [3.63, 3.8) is 0 Å². The fourth-order valence-electron chi connectivity index (χ4n) is 7.66. The number of likely N-dealkylation sites (tertiary alicyclic amines) is 2. The number of benzene rings is 1. The van der Waals surface area contributed by atoms with Crippen molar-refractivity contribution in [1.82, 2.24) is 41.7 Å². The maximum absolute atomic E-state index is 14.1. The van der Waals surface area contributed by atoms with E-state index in [2.05, 4.69) is 31.9 Å². The first-order valence-corrected chi connectivity index (χ1v) is 22.0. The lowest BCUT2D eigenvalue weighted by Gasteiger charge is -2.33. The highest BCUT2D eigenvalue weighted by Crippen LogP contribution is 2.23. The number of aliphatic hydroxyl groups is 2. The Hall–Kier alpha value is -6.20. The van der Waals surface area contributed by atoms with Crippen molar-refractivity contribution in [2.75, 3.05) is 19.7 Å². The molecule has 1 aromatic carbocycles. The molecule has 23 heteroatoms. The molecular formula is C43H66N10O13. The minimum Gasteiger partial charge on any atom is -0.480 e. The number of carbonyl (C=O) groups excluding carboxylic acids is 9. The summed E-state index contributed by atoms with van der Waals surface area (Å²) in [4.78, 5) is 134. The SMILES string of the molecule is CC(C)[C@H](NC(=O)[C@@H]1CCCN1C(=O)[C@H](CC(N)=O)NC(=O)[C@@H](NC(=O)[C@H](C)N)[C@@H](C)O)C(=O)N[C@H](C(=O)N1CCC[C@H]1C(=O)N[C@@H](CO)C(=O)N[C@@H](Cc1ccccc1)C(=O)O)C(C)C. The molecule has 0 aromatic heterocycles. The van der Waals surface area contributed by atoms with Crippen LogP contribution in [0.2, 0.25) is 0 Å². The van der Waals surface area contributed by atoms with E-state index in [-0.39, 0.29) is 32.4 Å². The van der Waals surface area contributed by atoms with Gasteiger partial charge in [0.2, 0.25) is 53.2 Å². The quantitative estimate of drug-likeness (QED) is 0.0500. The first kappa shape index (κ1) is 54.1. The van der Waals surface area contributed by atoms with Gasteiger partial charge in [-0.1, -0.05) is 58.0 Å². The Morgan fingerprint density at radius 3 is 1.62 bits per heavy atom. The number of aliphatic hydroxyl groups excluding tert-OH is 2. The van der Waals surface area contributed by atoms with Crippen LogP contribution < -0.4 is 43.4 Å². The molecule has 0 spiro atoms. The molecule has 10 atom stereocenters. The molecule has 23 nitrogen and oxygen atoms in total. The molecule has 13 N–H and O–H groups in total. The smallest absolute Gasteiger partial charge is 0.326 e. The van der Waals surface area contributed by atoms with Gasteiger partial charge in [0.15, 0.2) is 0 Å². The molecule has 0 aliphatic carbocycles. The normalized spacial score (nSPS) is 19.6. The zero-order chi connectivity index (χ0) is 49.6. The lowest BCUT2D eigenvalue weighted by atomic mass is 9.98. The van der Waals surface area contributed by atoms with Gasteiger partial charge in [-0.05, 0) is 56.9 Å². The van der Waals surface area contributed by atoms with E-state index in [9.17, 15) is 63.3 Å². The Kier molecular flexibility index (Phi) is 20.4. The third-order valence-corrected chi connectivity index (χ3v) is 11.4. The summed E-state index contributed by atoms with van der Waals surface area (Å²) in [6.45, 7) is 8.44. The molecule has 0 unspecified atom stereocenters. The number of hydrogen-bond acceptors (Lipinski definition) is 13. The van der Waals surface area contributed by atoms with Crippen LogP contribution in [0.4, 0.5) is 0 Å². The highest BCUT2D eigenvalue weighted by Gasteiger charge is 2.43. The number of carboxylic acid groups (broad SMARTS) is 1. The van der Waals surface area contributed by atoms with Crippen LogP contribution in [0.15, 0.2) is 30.3 Å². The molecule has 0 radical (unpaired) electrons. The fourth-order valence-corrected chi connectivity index (χ4v) is 7.66. The molecule has 9 amide bonds. The Bertz CT molecular complexity index is 1930. The van der Waals surface area contributed by atoms with E-state index >= 15 is 0 Å². The Morgan fingerprint density at radius 2 is 1.14 bits per heavy atom. The standard InChI is InChI=1S/C43H66N10O13/c1-21(2)32(49-38(60)30-15-10-16-52(30)41(63)26(19-31(45)56)46-40(62)34(24(6)55)51-35(57)23(5)44)39(61)50-33(22(3)4)42(64)53-17-11-14-29(53)37(59)48-28(20-54)36(58)47-27(43(65)66)18-25-12-8-7-9-13-25/h7-9,12-13,21-24,26-30,32-34,54-55H,10-11,14-20,44H2,1-6H3,(H2,45,56)(H,46,62)(H,47,58)(H,48,59)(H,49,60)(H,50,61)(H,51,57)(H,65,66)/t23-,24+,26-,27-,28-,29-,30-,32-,33-,34-/m0/s1. The number of nitrogens with one attached hydrogen (secondary N) is 6. The predicted octanol–water partition coefficient (Wildman–Crippen LogP) is -3.89. The number of primary amides is 1. The third kappa shape index (κ3) is 14.9. The maximum atomic E-state index is 14.1. The van der Waals surface area contributed by atoms with Crippen molar-refractivity contribution in [2.45, 2.75) is 141 Å². The summed E-state index contributed by atoms with van der Waals surface area (Å²) in [5.74, 6) is -9.92. The van der Waals surface area contributed by atoms with Gasteiger partial charge >= 0.3 is 5.97 Å². The summed E-state index contributed by atoms with van der Waals surface area (Å²) in [7, 11) is 0. The summed E-state index contributed by atoms with van der Waals surface area (Å²) in [6, 6.07) is -3.33. The van der Waals surface area contributed by atoms with Gasteiger partial charge in [0.1, 0.15) is 48.3 Å². The van der Waals surface area contributed by atoms with Crippen LogP contribution in [0.25, 0.3) is 0 Å². The fraction of sp³-hybridized carbons (Fsp3) is 0.628. The van der Waals surface area contributed by atoms with E-state index in [1.807, 2.05) is 0 Å². The van der Waals surface area contributed by atoms with Crippen molar-refractivity contribution >= 4 is 59.1 Å². The molecule has 2 fully saturated rings. The number of amides is 9. The van der Waals surface area contributed by atoms with E-state index in [0.29, 0.717) is 18.4 Å². The van der Waals surface area contributed by atoms with E-state index < -0.39 is 144 Å². The number of nitrogens with zero attached hydrogens (tertiary/aromatic N) is 2. The first-order valence-electron chi connectivity index (χ1n) is 22.0. The van der Waals surface area contributed by atoms with Crippen molar-refractivity contribution in [3.05, 3.63) is 35.9 Å². The molecule has 1 aromatic rings. The number of aliphatic carboxylic acids is 1. The van der Waals surface area contributed by atoms with Crippen LogP contribution >= 0.6 is 0 Å². The lowest BCUT2D eigenvalue weighted by Crippen LogP contribution is -2.62. The lowest BCUT2D eigenvalue weighted by molar-refractivity contribution is -0.145. The van der Waals surface area contributed by atoms with Gasteiger partial charge in [-0.25, -0.2) is 4.79 Å². The second-order valence-electron chi connectivity index (χ2n) is 17.4. The highest BCUT2D eigenvalue weighted by atomic mass is 16.4. The molecule has 0 bridgehead atoms. The zero-order valence-electron chi connectivity index (χ0n) is 38.2. The Balaban J connectivity index is 1.72. The van der Waals surface area contributed by atoms with Gasteiger partial charge in [0, 0.05) is 19.5 Å². The molecule has 66 heavy (non-hydrogen) atoms. The molecule has 2 saturated heterocycles. The van der Waals surface area contributed by atoms with E-state index in [1.54, 1.807) is 58.0 Å². The zero-order valence-corrected chi connectivity index (χ0v) is 38.2. The number of nitrogens with two attached hydrogens (primary N) is 2. The predicted molar refractivity (Wildman–Crippen MR) is 235 cm³/mol. The topological polar surface area (TPSA) is 362 Å². The van der Waals surface area contributed by atoms with Crippen molar-refractivity contribution in [2.24, 2.45) is 23.3 Å². The molecule has 2 aliphatic heterocycles. The van der Waals surface area contributed by atoms with Crippen molar-refractivity contribution in [1.29, 1.82) is 0 Å². The van der Waals surface area contributed by atoms with Crippen LogP contribution in [0.3, 0.4) is 0 Å². The largest absolute Gasteiger partial charge is 0.480 e. The molecular weight excluding hydrogens is 865 g/mol. The summed E-state index contributed by atoms with van der Waals surface area (Å²) < 4.78 is 0. The van der Waals surface area contributed by atoms with Gasteiger partial charge < -0.3 is 68.5 Å². The monoisotopic (exact) mass is 930 g/mol. The molecule has 3 rings (SSSR count). The minimum atomic E-state index is -1.60. The van der Waals surface area contributed by atoms with E-state index in [0.717, 1.165) is 4.90 Å². The minimum absolute atomic E-state index is 0.0250. The van der Waals surface area contributed by atoms with Gasteiger partial charge in [-0.2, -0.15) is 0 Å². The van der Waals surface area contributed by atoms with Crippen molar-refractivity contribution in [3.8, 4) is 0 Å². The van der Waals surface area contributed by atoms with Crippen LogP contribution in [-0.2, 0) is 54.4 Å². The number of hydrogen-bond donors (Lipinski definition) is 11. The van der Waals surface area contributed by atoms with Gasteiger partial charge in [0.05, 0.1) is 25.2 Å². The Labute approximate surface area is 382 Å². The van der Waals surface area contributed by atoms with Gasteiger partial charge in [-0.15, -0.1) is 0 Å². The molecule has 366 valence electrons. The Morgan fingerprint density at radius 1 is 0.636 bits per heavy atom. The third-order valence-electron chi connectivity index (χ3n) is 11.4. The average molecular weight is 931 g/mol. The van der Waals surface area contributed by atoms with Crippen LogP contribution in [0.1, 0.15) is 79.2 Å². The highest BCUT2D eigenvalue weighted by molar-refractivity contribution is 5.99. The summed E-state index contributed by atoms with van der Waals surface area (Å²) in [5.41, 5.74) is 11.6. The summed E-state index contributed by atoms with van der Waals surface area (Å²) in [6.07, 6.45) is -1.17. The summed E-state index contributed by atoms with van der Waals surface area (Å²) in [5, 5.41) is 44.8. The second-order valence-corrected chi connectivity index (χ2v) is 17.4. The number of carbonyl (C=O) groups is 10.